The third-order valence-corrected chi connectivity index (χ3v) is 4.85. The lowest BCUT2D eigenvalue weighted by Gasteiger charge is -2.35. The van der Waals surface area contributed by atoms with Gasteiger partial charge < -0.3 is 10.1 Å². The van der Waals surface area contributed by atoms with Gasteiger partial charge in [0.05, 0.1) is 10.6 Å². The van der Waals surface area contributed by atoms with E-state index >= 15 is 0 Å². The predicted octanol–water partition coefficient (Wildman–Crippen LogP) is 4.25. The zero-order valence-corrected chi connectivity index (χ0v) is 14.9. The van der Waals surface area contributed by atoms with Gasteiger partial charge in [0.25, 0.3) is 5.69 Å². The van der Waals surface area contributed by atoms with Crippen LogP contribution in [-0.2, 0) is 10.6 Å². The maximum atomic E-state index is 10.9. The van der Waals surface area contributed by atoms with Crippen LogP contribution in [-0.4, -0.2) is 10.6 Å². The molecule has 27 heavy (non-hydrogen) atoms. The number of hydrogen-bond acceptors (Lipinski definition) is 6. The molecular weight excluding hydrogens is 344 g/mol. The van der Waals surface area contributed by atoms with E-state index in [0.29, 0.717) is 5.69 Å². The highest BCUT2D eigenvalue weighted by atomic mass is 16.6. The summed E-state index contributed by atoms with van der Waals surface area (Å²) < 4.78 is 6.39. The molecule has 1 fully saturated rings. The van der Waals surface area contributed by atoms with Crippen LogP contribution < -0.4 is 10.7 Å². The van der Waals surface area contributed by atoms with Crippen molar-refractivity contribution in [2.45, 2.75) is 32.0 Å². The molecule has 2 N–H and O–H groups in total. The monoisotopic (exact) mass is 364 g/mol. The molecule has 1 saturated carbocycles. The number of non-ortho nitro benzene ring substituents is 1. The summed E-state index contributed by atoms with van der Waals surface area (Å²) in [5.74, 6) is -0.277. The smallest absolute Gasteiger partial charge is 0.301 e. The van der Waals surface area contributed by atoms with Crippen molar-refractivity contribution in [2.24, 2.45) is 5.10 Å². The first-order valence-electron chi connectivity index (χ1n) is 8.88. The number of hydrogen-bond donors (Lipinski definition) is 2. The minimum Gasteiger partial charge on any atom is -0.449 e. The van der Waals surface area contributed by atoms with E-state index < -0.39 is 10.8 Å². The Morgan fingerprint density at radius 1 is 1.15 bits per heavy atom. The average Bonchev–Trinajstić information content (AvgIpc) is 3.11. The topological polar surface area (TPSA) is 88.8 Å². The number of benzene rings is 2. The molecule has 2 aliphatic rings. The average molecular weight is 364 g/mol. The molecule has 138 valence electrons. The van der Waals surface area contributed by atoms with Crippen molar-refractivity contribution < 1.29 is 9.66 Å². The van der Waals surface area contributed by atoms with Gasteiger partial charge in [-0.1, -0.05) is 30.3 Å². The fourth-order valence-electron chi connectivity index (χ4n) is 3.48. The van der Waals surface area contributed by atoms with E-state index in [1.807, 2.05) is 37.3 Å². The van der Waals surface area contributed by atoms with Gasteiger partial charge in [-0.2, -0.15) is 5.10 Å². The second-order valence-electron chi connectivity index (χ2n) is 6.64. The molecule has 1 aliphatic carbocycles. The Hall–Kier alpha value is -3.35. The van der Waals surface area contributed by atoms with Crippen LogP contribution in [0.1, 0.15) is 31.7 Å². The summed E-state index contributed by atoms with van der Waals surface area (Å²) >= 11 is 0. The normalized spacial score (nSPS) is 21.4. The molecule has 0 aromatic heterocycles. The molecule has 1 unspecified atom stereocenters. The van der Waals surface area contributed by atoms with Crippen molar-refractivity contribution in [2.75, 3.05) is 5.32 Å². The number of nitro benzene ring substituents is 1. The Balaban J connectivity index is 1.74. The molecule has 1 heterocycles. The molecule has 2 aromatic carbocycles. The van der Waals surface area contributed by atoms with Crippen molar-refractivity contribution in [3.05, 3.63) is 81.6 Å². The SMILES string of the molecule is CC1=C2CCCC2=NNC(Nc2ccc([N+](=O)[O-])cc2)(c2ccccc2)O1. The summed E-state index contributed by atoms with van der Waals surface area (Å²) in [6, 6.07) is 15.9. The second kappa shape index (κ2) is 6.75. The molecule has 0 amide bonds. The van der Waals surface area contributed by atoms with Crippen LogP contribution in [0.15, 0.2) is 71.0 Å². The number of allylic oxidation sites excluding steroid dienone is 2. The Labute approximate surface area is 156 Å². The van der Waals surface area contributed by atoms with Crippen LogP contribution in [0.25, 0.3) is 0 Å². The van der Waals surface area contributed by atoms with Crippen molar-refractivity contribution in [3.8, 4) is 0 Å². The first kappa shape index (κ1) is 17.1. The summed E-state index contributed by atoms with van der Waals surface area (Å²) in [5.41, 5.74) is 6.92. The maximum Gasteiger partial charge on any atom is 0.301 e. The maximum absolute atomic E-state index is 10.9. The predicted molar refractivity (Wildman–Crippen MR) is 103 cm³/mol. The molecule has 0 radical (unpaired) electrons. The van der Waals surface area contributed by atoms with Gasteiger partial charge in [-0.05, 0) is 38.3 Å². The highest BCUT2D eigenvalue weighted by molar-refractivity contribution is 6.02. The molecule has 7 heteroatoms. The molecule has 1 aliphatic heterocycles. The van der Waals surface area contributed by atoms with E-state index in [2.05, 4.69) is 15.8 Å². The highest BCUT2D eigenvalue weighted by Crippen LogP contribution is 2.35. The van der Waals surface area contributed by atoms with Crippen LogP contribution in [0.3, 0.4) is 0 Å². The summed E-state index contributed by atoms with van der Waals surface area (Å²) in [4.78, 5) is 10.5. The standard InChI is InChI=1S/C20H20N4O3/c1-14-18-8-5-9-19(18)22-23-20(27-14,15-6-3-2-4-7-15)21-16-10-12-17(13-11-16)24(25)26/h2-4,6-7,10-13,21,23H,5,8-9H2,1H3. The number of ether oxygens (including phenoxy) is 1. The number of nitro groups is 1. The van der Waals surface area contributed by atoms with Gasteiger partial charge in [0, 0.05) is 29.0 Å². The van der Waals surface area contributed by atoms with Crippen LogP contribution in [0, 0.1) is 10.1 Å². The van der Waals surface area contributed by atoms with E-state index in [1.165, 1.54) is 12.1 Å². The van der Waals surface area contributed by atoms with Crippen LogP contribution in [0.2, 0.25) is 0 Å². The molecule has 4 rings (SSSR count). The van der Waals surface area contributed by atoms with Crippen LogP contribution in [0.4, 0.5) is 11.4 Å². The van der Waals surface area contributed by atoms with E-state index in [4.69, 9.17) is 4.74 Å². The molecule has 2 aromatic rings. The van der Waals surface area contributed by atoms with Crippen LogP contribution >= 0.6 is 0 Å². The Bertz CT molecular complexity index is 922. The van der Waals surface area contributed by atoms with Crippen molar-refractivity contribution in [3.63, 3.8) is 0 Å². The summed E-state index contributed by atoms with van der Waals surface area (Å²) in [5, 5.41) is 18.9. The summed E-state index contributed by atoms with van der Waals surface area (Å²) in [7, 11) is 0. The van der Waals surface area contributed by atoms with Crippen molar-refractivity contribution in [1.29, 1.82) is 0 Å². The van der Waals surface area contributed by atoms with E-state index in [-0.39, 0.29) is 5.69 Å². The molecule has 0 saturated heterocycles. The van der Waals surface area contributed by atoms with Gasteiger partial charge in [-0.3, -0.25) is 10.1 Å². The number of nitrogens with one attached hydrogen (secondary N) is 2. The van der Waals surface area contributed by atoms with Gasteiger partial charge in [0.15, 0.2) is 0 Å². The Morgan fingerprint density at radius 2 is 1.89 bits per heavy atom. The lowest BCUT2D eigenvalue weighted by molar-refractivity contribution is -0.384. The minimum atomic E-state index is -1.11. The van der Waals surface area contributed by atoms with E-state index in [0.717, 1.165) is 41.9 Å². The third kappa shape index (κ3) is 3.23. The molecule has 0 bridgehead atoms. The Kier molecular flexibility index (Phi) is 4.27. The molecule has 1 atom stereocenters. The molecule has 0 spiro atoms. The van der Waals surface area contributed by atoms with Gasteiger partial charge in [0.2, 0.25) is 0 Å². The Morgan fingerprint density at radius 3 is 2.59 bits per heavy atom. The summed E-state index contributed by atoms with van der Waals surface area (Å²) in [6.07, 6.45) is 2.95. The van der Waals surface area contributed by atoms with Crippen molar-refractivity contribution in [1.82, 2.24) is 5.43 Å². The number of nitrogens with zero attached hydrogens (tertiary/aromatic N) is 2. The third-order valence-electron chi connectivity index (χ3n) is 4.85. The zero-order valence-electron chi connectivity index (χ0n) is 14.9. The quantitative estimate of drug-likeness (QED) is 0.625. The van der Waals surface area contributed by atoms with Crippen molar-refractivity contribution >= 4 is 17.1 Å². The van der Waals surface area contributed by atoms with Gasteiger partial charge in [-0.15, -0.1) is 0 Å². The largest absolute Gasteiger partial charge is 0.449 e. The fraction of sp³-hybridized carbons (Fsp3) is 0.250. The molecule has 7 nitrogen and oxygen atoms in total. The number of hydrazone groups is 1. The minimum absolute atomic E-state index is 0.0390. The highest BCUT2D eigenvalue weighted by Gasteiger charge is 2.38. The second-order valence-corrected chi connectivity index (χ2v) is 6.64. The van der Waals surface area contributed by atoms with E-state index in [9.17, 15) is 10.1 Å². The summed E-state index contributed by atoms with van der Waals surface area (Å²) in [6.45, 7) is 1.96. The van der Waals surface area contributed by atoms with Gasteiger partial charge in [-0.25, -0.2) is 5.43 Å². The van der Waals surface area contributed by atoms with E-state index in [1.54, 1.807) is 12.1 Å². The first-order valence-corrected chi connectivity index (χ1v) is 8.88. The number of anilines is 1. The lowest BCUT2D eigenvalue weighted by Crippen LogP contribution is -2.48. The van der Waals surface area contributed by atoms with Crippen LogP contribution in [0.5, 0.6) is 0 Å². The number of rotatable bonds is 4. The van der Waals surface area contributed by atoms with Gasteiger partial charge in [0.1, 0.15) is 5.76 Å². The first-order chi connectivity index (χ1) is 13.1. The zero-order chi connectivity index (χ0) is 18.9. The molecular formula is C20H20N4O3. The van der Waals surface area contributed by atoms with Gasteiger partial charge >= 0.3 is 5.85 Å². The number of fused-ring (bicyclic) bond motifs is 1. The lowest BCUT2D eigenvalue weighted by atomic mass is 10.1. The fourth-order valence-corrected chi connectivity index (χ4v) is 3.48.